The van der Waals surface area contributed by atoms with E-state index in [9.17, 15) is 38.4 Å². The van der Waals surface area contributed by atoms with E-state index in [1.807, 2.05) is 104 Å². The molecule has 2 fully saturated rings. The van der Waals surface area contributed by atoms with Gasteiger partial charge in [0, 0.05) is 31.8 Å². The third-order valence-corrected chi connectivity index (χ3v) is 15.2. The number of hydrogen-bond acceptors (Lipinski definition) is 9. The number of likely N-dealkylation sites (N-methyl/N-ethyl adjacent to an activating group) is 1. The number of unbranched alkanes of at least 4 members (excludes halogenated alkanes) is 1. The lowest BCUT2D eigenvalue weighted by Gasteiger charge is -2.36. The molecule has 7 N–H and O–H groups in total. The second kappa shape index (κ2) is 23.8. The zero-order valence-electron chi connectivity index (χ0n) is 44.2. The topological polar surface area (TPSA) is 227 Å². The Kier molecular flexibility index (Phi) is 18.3. The van der Waals surface area contributed by atoms with E-state index in [1.165, 1.54) is 0 Å². The van der Waals surface area contributed by atoms with Crippen LogP contribution in [0.2, 0.25) is 0 Å². The van der Waals surface area contributed by atoms with Gasteiger partial charge in [-0.2, -0.15) is 0 Å². The van der Waals surface area contributed by atoms with Crippen molar-refractivity contribution in [2.45, 2.75) is 187 Å². The van der Waals surface area contributed by atoms with Gasteiger partial charge < -0.3 is 47.0 Å². The van der Waals surface area contributed by atoms with Crippen molar-refractivity contribution in [2.24, 2.45) is 16.7 Å². The molecule has 2 aromatic rings. The predicted molar refractivity (Wildman–Crippen MR) is 275 cm³/mol. The third-order valence-electron chi connectivity index (χ3n) is 15.2. The maximum absolute atomic E-state index is 14.2. The molecule has 2 aromatic carbocycles. The number of benzene rings is 2. The van der Waals surface area contributed by atoms with Crippen molar-refractivity contribution in [1.29, 1.82) is 0 Å². The van der Waals surface area contributed by atoms with Crippen LogP contribution in [0.3, 0.4) is 0 Å². The molecule has 0 aromatic heterocycles. The van der Waals surface area contributed by atoms with E-state index in [4.69, 9.17) is 0 Å². The number of likely N-dealkylation sites (tertiary alicyclic amines) is 2. The van der Waals surface area contributed by atoms with Crippen LogP contribution in [-0.2, 0) is 51.2 Å². The second-order valence-electron chi connectivity index (χ2n) is 22.6. The number of carbonyl (C=O) groups excluding carboxylic acids is 8. The number of fused-ring (bicyclic) bond motifs is 2. The van der Waals surface area contributed by atoms with E-state index in [1.54, 1.807) is 23.8 Å². The zero-order valence-corrected chi connectivity index (χ0v) is 44.2. The summed E-state index contributed by atoms with van der Waals surface area (Å²) in [4.78, 5) is 113. The van der Waals surface area contributed by atoms with Crippen LogP contribution in [-0.4, -0.2) is 119 Å². The first-order valence-electron chi connectivity index (χ1n) is 26.3. The maximum Gasteiger partial charge on any atom is 0.246 e. The first-order chi connectivity index (χ1) is 34.0. The number of nitrogens with one attached hydrogen (secondary N) is 7. The average Bonchev–Trinajstić information content (AvgIpc) is 4.16. The van der Waals surface area contributed by atoms with Crippen LogP contribution in [0.4, 0.5) is 0 Å². The van der Waals surface area contributed by atoms with Crippen LogP contribution >= 0.6 is 0 Å². The summed E-state index contributed by atoms with van der Waals surface area (Å²) in [7, 11) is 1.68. The molecule has 72 heavy (non-hydrogen) atoms. The summed E-state index contributed by atoms with van der Waals surface area (Å²) in [5.41, 5.74) is 2.62. The van der Waals surface area contributed by atoms with Gasteiger partial charge in [0.1, 0.15) is 24.2 Å². The van der Waals surface area contributed by atoms with Gasteiger partial charge in [0.15, 0.2) is 0 Å². The fraction of sp³-hybridized carbons (Fsp3) is 0.636. The minimum absolute atomic E-state index is 0.166. The molecule has 4 aliphatic rings. The summed E-state index contributed by atoms with van der Waals surface area (Å²) in [5, 5.41) is 21.5. The summed E-state index contributed by atoms with van der Waals surface area (Å²) < 4.78 is 0. The van der Waals surface area contributed by atoms with E-state index in [0.717, 1.165) is 22.3 Å². The number of nitrogens with zero attached hydrogens (tertiary/aromatic N) is 2. The van der Waals surface area contributed by atoms with Crippen LogP contribution in [0.1, 0.15) is 154 Å². The van der Waals surface area contributed by atoms with Crippen molar-refractivity contribution in [1.82, 2.24) is 47.0 Å². The smallest absolute Gasteiger partial charge is 0.246 e. The van der Waals surface area contributed by atoms with Gasteiger partial charge in [0.2, 0.25) is 47.3 Å². The summed E-state index contributed by atoms with van der Waals surface area (Å²) >= 11 is 0. The Labute approximate surface area is 426 Å². The third kappa shape index (κ3) is 13.2. The van der Waals surface area contributed by atoms with Gasteiger partial charge >= 0.3 is 0 Å². The van der Waals surface area contributed by atoms with Crippen molar-refractivity contribution >= 4 is 47.3 Å². The van der Waals surface area contributed by atoms with Gasteiger partial charge in [-0.3, -0.25) is 38.4 Å². The van der Waals surface area contributed by atoms with Crippen LogP contribution in [0.5, 0.6) is 0 Å². The Morgan fingerprint density at radius 1 is 0.597 bits per heavy atom. The van der Waals surface area contributed by atoms with Gasteiger partial charge in [-0.1, -0.05) is 104 Å². The largest absolute Gasteiger partial charge is 0.351 e. The molecule has 6 rings (SSSR count). The lowest BCUT2D eigenvalue weighted by atomic mass is 9.85. The van der Waals surface area contributed by atoms with E-state index in [-0.39, 0.29) is 66.0 Å². The quantitative estimate of drug-likeness (QED) is 0.101. The molecule has 0 bridgehead atoms. The minimum Gasteiger partial charge on any atom is -0.351 e. The summed E-state index contributed by atoms with van der Waals surface area (Å²) in [6, 6.07) is 9.98. The van der Waals surface area contributed by atoms with Gasteiger partial charge in [-0.15, -0.1) is 0 Å². The molecule has 2 aliphatic heterocycles. The number of carbonyl (C=O) groups is 8. The molecule has 17 nitrogen and oxygen atoms in total. The molecule has 10 atom stereocenters. The number of hydrogen-bond donors (Lipinski definition) is 7. The van der Waals surface area contributed by atoms with Crippen LogP contribution in [0, 0.1) is 16.7 Å². The fourth-order valence-electron chi connectivity index (χ4n) is 10.5. The van der Waals surface area contributed by atoms with Crippen molar-refractivity contribution in [2.75, 3.05) is 20.1 Å². The van der Waals surface area contributed by atoms with E-state index >= 15 is 0 Å². The first kappa shape index (κ1) is 55.5. The minimum atomic E-state index is -0.846. The number of amides is 8. The Morgan fingerprint density at radius 2 is 1.00 bits per heavy atom. The van der Waals surface area contributed by atoms with E-state index in [2.05, 4.69) is 37.2 Å². The van der Waals surface area contributed by atoms with Gasteiger partial charge in [0.25, 0.3) is 0 Å². The van der Waals surface area contributed by atoms with E-state index < -0.39 is 65.2 Å². The van der Waals surface area contributed by atoms with Gasteiger partial charge in [-0.05, 0) is 105 Å². The Morgan fingerprint density at radius 3 is 1.39 bits per heavy atom. The molecule has 394 valence electrons. The monoisotopic (exact) mass is 996 g/mol. The van der Waals surface area contributed by atoms with Gasteiger partial charge in [-0.25, -0.2) is 0 Å². The van der Waals surface area contributed by atoms with E-state index in [0.29, 0.717) is 70.9 Å². The second-order valence-corrected chi connectivity index (χ2v) is 22.6. The van der Waals surface area contributed by atoms with Crippen molar-refractivity contribution in [3.05, 3.63) is 70.8 Å². The molecule has 0 radical (unpaired) electrons. The zero-order chi connectivity index (χ0) is 52.7. The molecule has 2 heterocycles. The highest BCUT2D eigenvalue weighted by atomic mass is 16.2. The lowest BCUT2D eigenvalue weighted by Crippen LogP contribution is -2.59. The number of rotatable bonds is 19. The molecule has 1 unspecified atom stereocenters. The summed E-state index contributed by atoms with van der Waals surface area (Å²) in [6.07, 6.45) is 5.11. The Balaban J connectivity index is 1.02. The predicted octanol–water partition coefficient (Wildman–Crippen LogP) is 4.04. The SMILES string of the molecule is CC[C@@H](C)C(=O)N[C@H](C(=O)N1CCCC1C(=O)N[C@H]1c2ccccc2C[C@@H]1NC(=O)CCCCC(=O)N[C@H]1Cc2ccccc2[C@@H]1NC(=O)[C@@H]1CCCN1C(=O)[C@@H](NC(=O)[C@H](C)NC)C(C)(C)C)C(C)(C)C. The van der Waals surface area contributed by atoms with Crippen molar-refractivity contribution in [3.63, 3.8) is 0 Å². The molecule has 2 saturated heterocycles. The fourth-order valence-corrected chi connectivity index (χ4v) is 10.5. The highest BCUT2D eigenvalue weighted by Gasteiger charge is 2.46. The average molecular weight is 996 g/mol. The summed E-state index contributed by atoms with van der Waals surface area (Å²) in [5.74, 6) is -2.36. The normalized spacial score (nSPS) is 23.2. The van der Waals surface area contributed by atoms with Crippen molar-refractivity contribution < 1.29 is 38.4 Å². The van der Waals surface area contributed by atoms with Crippen LogP contribution in [0.15, 0.2) is 48.5 Å². The molecule has 8 amide bonds. The Bertz CT molecular complexity index is 2170. The molecule has 0 saturated carbocycles. The first-order valence-corrected chi connectivity index (χ1v) is 26.3. The highest BCUT2D eigenvalue weighted by molar-refractivity contribution is 5.95. The maximum atomic E-state index is 14.2. The van der Waals surface area contributed by atoms with Crippen molar-refractivity contribution in [3.8, 4) is 0 Å². The highest BCUT2D eigenvalue weighted by Crippen LogP contribution is 2.35. The molecule has 2 aliphatic carbocycles. The lowest BCUT2D eigenvalue weighted by molar-refractivity contribution is -0.144. The van der Waals surface area contributed by atoms with Gasteiger partial charge in [0.05, 0.1) is 30.2 Å². The molecule has 17 heteroatoms. The molecular weight excluding hydrogens is 915 g/mol. The van der Waals surface area contributed by atoms with Crippen LogP contribution in [0.25, 0.3) is 0 Å². The molecule has 0 spiro atoms. The molecular formula is C55H81N9O8. The summed E-state index contributed by atoms with van der Waals surface area (Å²) in [6.45, 7) is 17.6. The van der Waals surface area contributed by atoms with Crippen LogP contribution < -0.4 is 37.2 Å². The Hall–Kier alpha value is -5.84. The standard InChI is InChI=1S/C55H81N9O8/c1-11-32(2)48(67)61-46(54(4,5)6)52(71)63-28-18-24-40(63)50(69)59-44-36-22-14-12-20-34(36)30-38(44)57-42(65)26-16-17-27-43(66)58-39-31-35-21-13-15-23-37(35)45(39)60-51(70)41-25-19-29-64(41)53(72)47(55(7,8)9)62-49(68)33(3)56-10/h12-15,20-23,32-33,38-41,44-47,56H,11,16-19,24-31H2,1-10H3,(H,57,65)(H,58,66)(H,59,69)(H,60,70)(H,61,67)(H,62,68)/t32-,33+,38+,39+,40?,41+,44+,45+,46-,47-/m1/s1.